The maximum Gasteiger partial charge on any atom is 0.475 e. The number of fused-ring (bicyclic) bond motifs is 2. The van der Waals surface area contributed by atoms with Crippen LogP contribution in [0.1, 0.15) is 40.8 Å². The second kappa shape index (κ2) is 12.3. The predicted molar refractivity (Wildman–Crippen MR) is 149 cm³/mol. The first kappa shape index (κ1) is 32.5. The van der Waals surface area contributed by atoms with E-state index in [1.54, 1.807) is 27.7 Å². The van der Waals surface area contributed by atoms with Crippen molar-refractivity contribution in [3.8, 4) is 5.88 Å². The van der Waals surface area contributed by atoms with Crippen LogP contribution in [0.3, 0.4) is 0 Å². The number of phosphoric acid groups is 1. The molecule has 4 rings (SSSR count). The molecule has 0 bridgehead atoms. The van der Waals surface area contributed by atoms with Gasteiger partial charge in [0, 0.05) is 5.75 Å². The number of rotatable bonds is 11. The molecule has 2 fully saturated rings. The monoisotopic (exact) mass is 634 g/mol. The highest BCUT2D eigenvalue weighted by Gasteiger charge is 2.61. The molecule has 42 heavy (non-hydrogen) atoms. The van der Waals surface area contributed by atoms with Crippen molar-refractivity contribution < 1.29 is 46.3 Å². The number of thioether (sulfide) groups is 1. The van der Waals surface area contributed by atoms with Gasteiger partial charge in [0.15, 0.2) is 28.2 Å². The average molecular weight is 635 g/mol. The number of alkyl halides is 1. The van der Waals surface area contributed by atoms with Gasteiger partial charge in [-0.2, -0.15) is 9.97 Å². The molecule has 6 atom stereocenters. The Morgan fingerprint density at radius 3 is 2.74 bits per heavy atom. The Kier molecular flexibility index (Phi) is 9.52. The lowest BCUT2D eigenvalue weighted by Gasteiger charge is -2.33. The van der Waals surface area contributed by atoms with Crippen LogP contribution in [-0.4, -0.2) is 87.2 Å². The lowest BCUT2D eigenvalue weighted by atomic mass is 9.97. The Labute approximate surface area is 246 Å². The van der Waals surface area contributed by atoms with Crippen LogP contribution in [0.25, 0.3) is 11.2 Å². The lowest BCUT2D eigenvalue weighted by molar-refractivity contribution is -0.150. The number of halogens is 1. The molecule has 2 saturated heterocycles. The molecule has 0 aliphatic carbocycles. The van der Waals surface area contributed by atoms with E-state index in [2.05, 4.69) is 15.0 Å². The van der Waals surface area contributed by atoms with E-state index in [9.17, 15) is 14.2 Å². The fourth-order valence-electron chi connectivity index (χ4n) is 4.29. The van der Waals surface area contributed by atoms with E-state index in [0.29, 0.717) is 0 Å². The number of carbonyl (C=O) groups excluding carboxylic acids is 2. The number of anilines is 1. The first-order chi connectivity index (χ1) is 19.6. The van der Waals surface area contributed by atoms with E-state index in [-0.39, 0.29) is 59.6 Å². The molecule has 2 aliphatic rings. The fourth-order valence-corrected chi connectivity index (χ4v) is 6.68. The number of methoxy groups -OCH3 is 1. The van der Waals surface area contributed by atoms with Gasteiger partial charge in [-0.1, -0.05) is 25.6 Å². The molecule has 15 nitrogen and oxygen atoms in total. The largest absolute Gasteiger partial charge is 0.479 e. The molecule has 4 N–H and O–H groups in total. The highest BCUT2D eigenvalue weighted by atomic mass is 32.2. The average Bonchev–Trinajstić information content (AvgIpc) is 3.45. The van der Waals surface area contributed by atoms with Crippen LogP contribution >= 0.6 is 19.6 Å². The number of carbonyl (C=O) groups is 2. The van der Waals surface area contributed by atoms with Crippen molar-refractivity contribution in [3.05, 3.63) is 6.33 Å². The summed E-state index contributed by atoms with van der Waals surface area (Å²) in [6.45, 7) is 7.46. The molecule has 0 radical (unpaired) electrons. The van der Waals surface area contributed by atoms with Gasteiger partial charge in [-0.25, -0.2) is 13.9 Å². The Balaban J connectivity index is 1.33. The number of hydrogen-bond acceptors (Lipinski definition) is 15. The Bertz CT molecular complexity index is 1380. The molecule has 2 aromatic heterocycles. The normalized spacial score (nSPS) is 28.5. The van der Waals surface area contributed by atoms with Gasteiger partial charge < -0.3 is 25.7 Å². The number of phosphoric ester groups is 1. The molecule has 0 saturated carbocycles. The minimum Gasteiger partial charge on any atom is -0.479 e. The number of nitrogens with zero attached hydrogens (tertiary/aromatic N) is 4. The molecular formula is C24H36FN6O9PS. The van der Waals surface area contributed by atoms with Crippen molar-refractivity contribution in [1.82, 2.24) is 19.5 Å². The molecule has 234 valence electrons. The highest BCUT2D eigenvalue weighted by Crippen LogP contribution is 2.59. The van der Waals surface area contributed by atoms with Crippen molar-refractivity contribution in [3.63, 3.8) is 0 Å². The maximum atomic E-state index is 16.2. The smallest absolute Gasteiger partial charge is 0.475 e. The van der Waals surface area contributed by atoms with Crippen molar-refractivity contribution >= 4 is 47.8 Å². The van der Waals surface area contributed by atoms with Crippen molar-refractivity contribution in [2.45, 2.75) is 64.8 Å². The predicted octanol–water partition coefficient (Wildman–Crippen LogP) is 2.40. The number of aromatic nitrogens is 4. The third-order valence-electron chi connectivity index (χ3n) is 6.86. The summed E-state index contributed by atoms with van der Waals surface area (Å²) in [5, 5.41) is -0.280. The lowest BCUT2D eigenvalue weighted by Crippen LogP contribution is -2.44. The van der Waals surface area contributed by atoms with E-state index < -0.39 is 49.4 Å². The van der Waals surface area contributed by atoms with E-state index in [1.807, 2.05) is 0 Å². The summed E-state index contributed by atoms with van der Waals surface area (Å²) in [6, 6.07) is -0.786. The fraction of sp³-hybridized carbons (Fsp3) is 0.708. The summed E-state index contributed by atoms with van der Waals surface area (Å²) in [7, 11) is -2.81. The third-order valence-corrected chi connectivity index (χ3v) is 9.49. The molecule has 18 heteroatoms. The van der Waals surface area contributed by atoms with Gasteiger partial charge in [-0.3, -0.25) is 27.7 Å². The van der Waals surface area contributed by atoms with E-state index >= 15 is 4.39 Å². The quantitative estimate of drug-likeness (QED) is 0.207. The Hall–Kier alpha value is -2.40. The summed E-state index contributed by atoms with van der Waals surface area (Å²) in [6.07, 6.45) is -2.21. The van der Waals surface area contributed by atoms with Crippen LogP contribution in [0.4, 0.5) is 10.3 Å². The van der Waals surface area contributed by atoms with Crippen LogP contribution in [-0.2, 0) is 37.2 Å². The van der Waals surface area contributed by atoms with Gasteiger partial charge in [0.25, 0.3) is 0 Å². The maximum absolute atomic E-state index is 16.2. The van der Waals surface area contributed by atoms with Crippen LogP contribution in [0.2, 0.25) is 0 Å². The Morgan fingerprint density at radius 2 is 2.07 bits per heavy atom. The summed E-state index contributed by atoms with van der Waals surface area (Å²) in [5.74, 6) is -0.599. The SMILES string of the molecule is COc1nc(N)nc2c1ncn2[C@@H]1O[C@@H]2COP(=O)(OCCSC(=O)C(C)(C)COC(=O)[C@@H](N)C(C)C)O[C@H]2[C@@]1(C)F. The summed E-state index contributed by atoms with van der Waals surface area (Å²) in [5.41, 5.74) is 8.75. The van der Waals surface area contributed by atoms with E-state index in [0.717, 1.165) is 11.8 Å². The van der Waals surface area contributed by atoms with Gasteiger partial charge in [-0.05, 0) is 26.7 Å². The number of imidazole rings is 1. The summed E-state index contributed by atoms with van der Waals surface area (Å²) in [4.78, 5) is 37.0. The first-order valence-corrected chi connectivity index (χ1v) is 15.6. The Morgan fingerprint density at radius 1 is 1.36 bits per heavy atom. The van der Waals surface area contributed by atoms with Crippen LogP contribution < -0.4 is 16.2 Å². The number of nitrogens with two attached hydrogens (primary N) is 2. The highest BCUT2D eigenvalue weighted by molar-refractivity contribution is 8.13. The van der Waals surface area contributed by atoms with Gasteiger partial charge in [-0.15, -0.1) is 0 Å². The summed E-state index contributed by atoms with van der Waals surface area (Å²) >= 11 is 0.900. The zero-order chi connectivity index (χ0) is 31.0. The van der Waals surface area contributed by atoms with Gasteiger partial charge in [0.1, 0.15) is 24.9 Å². The zero-order valence-corrected chi connectivity index (χ0v) is 25.9. The third kappa shape index (κ3) is 6.56. The number of esters is 1. The van der Waals surface area contributed by atoms with Crippen molar-refractivity contribution in [2.24, 2.45) is 17.1 Å². The number of hydrogen-bond donors (Lipinski definition) is 2. The van der Waals surface area contributed by atoms with E-state index in [4.69, 9.17) is 39.2 Å². The minimum atomic E-state index is -4.20. The molecule has 1 unspecified atom stereocenters. The summed E-state index contributed by atoms with van der Waals surface area (Å²) < 4.78 is 63.3. The second-order valence-electron chi connectivity index (χ2n) is 11.1. The van der Waals surface area contributed by atoms with Gasteiger partial charge in [0.05, 0.1) is 32.1 Å². The van der Waals surface area contributed by atoms with Crippen molar-refractivity contribution in [1.29, 1.82) is 0 Å². The number of nitrogen functional groups attached to an aromatic ring is 1. The first-order valence-electron chi connectivity index (χ1n) is 13.1. The topological polar surface area (TPSA) is 202 Å². The molecular weight excluding hydrogens is 598 g/mol. The van der Waals surface area contributed by atoms with Gasteiger partial charge in [0.2, 0.25) is 11.8 Å². The van der Waals surface area contributed by atoms with Crippen molar-refractivity contribution in [2.75, 3.05) is 38.4 Å². The van der Waals surface area contributed by atoms with Gasteiger partial charge >= 0.3 is 13.8 Å². The minimum absolute atomic E-state index is 0.0858. The van der Waals surface area contributed by atoms with Crippen LogP contribution in [0.5, 0.6) is 5.88 Å². The van der Waals surface area contributed by atoms with Crippen LogP contribution in [0, 0.1) is 11.3 Å². The second-order valence-corrected chi connectivity index (χ2v) is 13.8. The molecule has 0 aromatic carbocycles. The molecule has 0 spiro atoms. The molecule has 0 amide bonds. The van der Waals surface area contributed by atoms with Crippen LogP contribution in [0.15, 0.2) is 6.33 Å². The van der Waals surface area contributed by atoms with E-state index in [1.165, 1.54) is 24.9 Å². The number of ether oxygens (including phenoxy) is 3. The zero-order valence-electron chi connectivity index (χ0n) is 24.1. The molecule has 2 aliphatic heterocycles. The standard InChI is InChI=1S/C24H36FN6O9PS/c1-12(2)14(26)19(32)36-10-23(3,4)21(33)42-8-7-37-41(34)38-9-13-16(40-41)24(5,25)20(39-13)31-11-28-15-17(31)29-22(27)30-18(15)35-6/h11-14,16,20H,7-10,26H2,1-6H3,(H2,27,29,30)/t13-,14+,16-,20-,24-,41?/m1/s1. The molecule has 2 aromatic rings. The molecule has 4 heterocycles.